The van der Waals surface area contributed by atoms with Crippen molar-refractivity contribution in [3.8, 4) is 0 Å². The summed E-state index contributed by atoms with van der Waals surface area (Å²) in [5.74, 6) is 0.119. The van der Waals surface area contributed by atoms with Crippen LogP contribution in [-0.2, 0) is 14.3 Å². The first-order valence-corrected chi connectivity index (χ1v) is 10.3. The Bertz CT molecular complexity index is 665. The van der Waals surface area contributed by atoms with E-state index in [1.54, 1.807) is 0 Å². The van der Waals surface area contributed by atoms with E-state index < -0.39 is 17.3 Å². The fourth-order valence-electron chi connectivity index (χ4n) is 8.29. The first-order chi connectivity index (χ1) is 12.1. The molecule has 0 amide bonds. The van der Waals surface area contributed by atoms with Gasteiger partial charge in [0.25, 0.3) is 0 Å². The Balaban J connectivity index is 1.67. The second-order valence-electron chi connectivity index (χ2n) is 10.7. The summed E-state index contributed by atoms with van der Waals surface area (Å²) in [5.41, 5.74) is -1.72. The fraction of sp³-hybridized carbons (Fsp3) is 0.952. The zero-order valence-corrected chi connectivity index (χ0v) is 16.2. The fourth-order valence-corrected chi connectivity index (χ4v) is 8.29. The minimum Gasteiger partial charge on any atom is -0.435 e. The number of aliphatic hydroxyl groups is 2. The molecule has 0 aromatic rings. The van der Waals surface area contributed by atoms with Crippen molar-refractivity contribution in [3.63, 3.8) is 0 Å². The normalized spacial score (nSPS) is 60.8. The van der Waals surface area contributed by atoms with E-state index in [1.165, 1.54) is 0 Å². The van der Waals surface area contributed by atoms with Crippen molar-refractivity contribution in [3.05, 3.63) is 0 Å². The zero-order valence-electron chi connectivity index (χ0n) is 16.2. The van der Waals surface area contributed by atoms with Crippen molar-refractivity contribution in [2.75, 3.05) is 13.2 Å². The van der Waals surface area contributed by atoms with E-state index in [-0.39, 0.29) is 40.7 Å². The van der Waals surface area contributed by atoms with Gasteiger partial charge in [0.15, 0.2) is 0 Å². The molecular weight excluding hydrogens is 332 g/mol. The van der Waals surface area contributed by atoms with Crippen LogP contribution >= 0.6 is 0 Å². The first kappa shape index (κ1) is 17.4. The number of fused-ring (bicyclic) bond motifs is 2. The van der Waals surface area contributed by atoms with E-state index in [1.807, 2.05) is 0 Å². The summed E-state index contributed by atoms with van der Waals surface area (Å²) >= 11 is 0. The highest BCUT2D eigenvalue weighted by Gasteiger charge is 2.76. The highest BCUT2D eigenvalue weighted by Crippen LogP contribution is 2.76. The molecule has 2 N–H and O–H groups in total. The van der Waals surface area contributed by atoms with Gasteiger partial charge in [0, 0.05) is 11.3 Å². The number of hydrogen-bond acceptors (Lipinski definition) is 5. The second kappa shape index (κ2) is 4.84. The molecule has 1 spiro atoms. The monoisotopic (exact) mass is 364 g/mol. The van der Waals surface area contributed by atoms with Gasteiger partial charge < -0.3 is 19.7 Å². The molecule has 2 heterocycles. The number of carbonyl (C=O) groups excluding carboxylic acids is 1. The molecule has 2 bridgehead atoms. The van der Waals surface area contributed by atoms with Gasteiger partial charge in [0.1, 0.15) is 0 Å². The van der Waals surface area contributed by atoms with Crippen LogP contribution in [0, 0.1) is 33.5 Å². The third-order valence-electron chi connectivity index (χ3n) is 9.99. The average Bonchev–Trinajstić information content (AvgIpc) is 2.98. The highest BCUT2D eigenvalue weighted by molar-refractivity contribution is 5.79. The lowest BCUT2D eigenvalue weighted by Gasteiger charge is -2.62. The smallest absolute Gasteiger partial charge is 0.314 e. The summed E-state index contributed by atoms with van der Waals surface area (Å²) < 4.78 is 12.1. The quantitative estimate of drug-likeness (QED) is 0.700. The lowest BCUT2D eigenvalue weighted by molar-refractivity contribution is -0.174. The average molecular weight is 364 g/mol. The van der Waals surface area contributed by atoms with Crippen molar-refractivity contribution < 1.29 is 24.5 Å². The zero-order chi connectivity index (χ0) is 18.6. The lowest BCUT2D eigenvalue weighted by atomic mass is 9.40. The van der Waals surface area contributed by atoms with Crippen molar-refractivity contribution in [2.24, 2.45) is 33.5 Å². The highest BCUT2D eigenvalue weighted by atomic mass is 16.7. The number of hydrogen-bond donors (Lipinski definition) is 2. The van der Waals surface area contributed by atoms with Crippen LogP contribution in [-0.4, -0.2) is 41.3 Å². The molecule has 2 saturated heterocycles. The maximum Gasteiger partial charge on any atom is 0.314 e. The molecule has 5 heteroatoms. The van der Waals surface area contributed by atoms with Crippen LogP contribution in [0.5, 0.6) is 0 Å². The molecule has 5 fully saturated rings. The van der Waals surface area contributed by atoms with Crippen molar-refractivity contribution in [2.45, 2.75) is 77.6 Å². The number of carbonyl (C=O) groups is 1. The Morgan fingerprint density at radius 2 is 1.96 bits per heavy atom. The number of ether oxygens (including phenoxy) is 2. The molecule has 3 aliphatic carbocycles. The molecule has 0 aromatic heterocycles. The Labute approximate surface area is 155 Å². The molecule has 146 valence electrons. The molecule has 8 unspecified atom stereocenters. The van der Waals surface area contributed by atoms with Gasteiger partial charge in [-0.25, -0.2) is 0 Å². The third kappa shape index (κ3) is 1.68. The second-order valence-corrected chi connectivity index (χ2v) is 10.7. The van der Waals surface area contributed by atoms with E-state index in [0.29, 0.717) is 13.0 Å². The lowest BCUT2D eigenvalue weighted by Crippen LogP contribution is -2.59. The van der Waals surface area contributed by atoms with Crippen LogP contribution < -0.4 is 0 Å². The SMILES string of the molecule is CC12CCCC3(C)C1C(OCC14CC(CCC13C)C(O)(CO)C4)OC2=O. The molecule has 8 atom stereocenters. The molecule has 5 rings (SSSR count). The van der Waals surface area contributed by atoms with E-state index in [0.717, 1.165) is 38.5 Å². The van der Waals surface area contributed by atoms with Gasteiger partial charge in [0.05, 0.1) is 24.2 Å². The Morgan fingerprint density at radius 1 is 1.19 bits per heavy atom. The molecule has 0 radical (unpaired) electrons. The molecular formula is C21H32O5. The van der Waals surface area contributed by atoms with Crippen molar-refractivity contribution in [1.29, 1.82) is 0 Å². The van der Waals surface area contributed by atoms with Crippen molar-refractivity contribution in [1.82, 2.24) is 0 Å². The van der Waals surface area contributed by atoms with E-state index in [9.17, 15) is 15.0 Å². The van der Waals surface area contributed by atoms with Gasteiger partial charge in [-0.3, -0.25) is 4.79 Å². The van der Waals surface area contributed by atoms with Crippen LogP contribution in [0.1, 0.15) is 65.7 Å². The number of rotatable bonds is 1. The summed E-state index contributed by atoms with van der Waals surface area (Å²) in [6.45, 7) is 7.16. The minimum absolute atomic E-state index is 0.0365. The van der Waals surface area contributed by atoms with Crippen LogP contribution in [0.4, 0.5) is 0 Å². The van der Waals surface area contributed by atoms with Gasteiger partial charge in [-0.15, -0.1) is 0 Å². The van der Waals surface area contributed by atoms with E-state index in [2.05, 4.69) is 20.8 Å². The van der Waals surface area contributed by atoms with Gasteiger partial charge in [-0.1, -0.05) is 20.3 Å². The molecule has 26 heavy (non-hydrogen) atoms. The Hall–Kier alpha value is -0.650. The minimum atomic E-state index is -0.994. The molecule has 5 nitrogen and oxygen atoms in total. The predicted molar refractivity (Wildman–Crippen MR) is 93.9 cm³/mol. The summed E-state index contributed by atoms with van der Waals surface area (Å²) in [5, 5.41) is 21.1. The largest absolute Gasteiger partial charge is 0.435 e. The van der Waals surface area contributed by atoms with Crippen LogP contribution in [0.2, 0.25) is 0 Å². The van der Waals surface area contributed by atoms with Crippen molar-refractivity contribution >= 4 is 5.97 Å². The Kier molecular flexibility index (Phi) is 3.25. The molecule has 0 aromatic carbocycles. The van der Waals surface area contributed by atoms with Crippen LogP contribution in [0.25, 0.3) is 0 Å². The predicted octanol–water partition coefficient (Wildman–Crippen LogP) is 2.63. The van der Waals surface area contributed by atoms with Gasteiger partial charge in [-0.05, 0) is 62.2 Å². The van der Waals surface area contributed by atoms with E-state index in [4.69, 9.17) is 9.47 Å². The standard InChI is InChI=1S/C21H32O5/c1-17-6-4-7-18(2)14(17)15(26-16(17)23)25-12-20-9-13(5-8-19(18,20)3)21(24,10-20)11-22/h13-15,22,24H,4-12H2,1-3H3. The third-order valence-corrected chi connectivity index (χ3v) is 9.99. The topological polar surface area (TPSA) is 76.0 Å². The van der Waals surface area contributed by atoms with Crippen LogP contribution in [0.15, 0.2) is 0 Å². The maximum absolute atomic E-state index is 12.7. The molecule has 3 saturated carbocycles. The molecule has 5 aliphatic rings. The summed E-state index contributed by atoms with van der Waals surface area (Å²) in [6.07, 6.45) is 5.97. The van der Waals surface area contributed by atoms with E-state index >= 15 is 0 Å². The summed E-state index contributed by atoms with van der Waals surface area (Å²) in [4.78, 5) is 12.7. The summed E-state index contributed by atoms with van der Waals surface area (Å²) in [7, 11) is 0. The Morgan fingerprint density at radius 3 is 2.69 bits per heavy atom. The number of aliphatic hydroxyl groups excluding tert-OH is 1. The maximum atomic E-state index is 12.7. The molecule has 2 aliphatic heterocycles. The van der Waals surface area contributed by atoms with Gasteiger partial charge in [0.2, 0.25) is 6.29 Å². The van der Waals surface area contributed by atoms with Gasteiger partial charge >= 0.3 is 5.97 Å². The van der Waals surface area contributed by atoms with Gasteiger partial charge in [-0.2, -0.15) is 0 Å². The summed E-state index contributed by atoms with van der Waals surface area (Å²) in [6, 6.07) is 0. The van der Waals surface area contributed by atoms with Crippen LogP contribution in [0.3, 0.4) is 0 Å². The number of esters is 1. The first-order valence-electron chi connectivity index (χ1n) is 10.3.